The van der Waals surface area contributed by atoms with Gasteiger partial charge in [-0.05, 0) is 81.1 Å². The SMILES string of the molecule is Cc1cc(-c2cscn2)cnc1-c1cc2cnc(Nc3ccc(OC4CCN(C)C4)cc3)nc2n(CC2CCOCC2)c1=O. The Morgan fingerprint density at radius 2 is 1.91 bits per heavy atom. The van der Waals surface area contributed by atoms with E-state index in [-0.39, 0.29) is 11.7 Å². The number of rotatable bonds is 8. The molecule has 226 valence electrons. The summed E-state index contributed by atoms with van der Waals surface area (Å²) >= 11 is 1.54. The van der Waals surface area contributed by atoms with Gasteiger partial charge in [-0.25, -0.2) is 9.97 Å². The van der Waals surface area contributed by atoms with E-state index in [9.17, 15) is 4.79 Å². The Morgan fingerprint density at radius 1 is 1.07 bits per heavy atom. The third-order valence-electron chi connectivity index (χ3n) is 8.43. The number of likely N-dealkylation sites (tertiary alicyclic amines) is 1. The first-order valence-corrected chi connectivity index (χ1v) is 16.0. The van der Waals surface area contributed by atoms with Crippen molar-refractivity contribution < 1.29 is 9.47 Å². The number of fused-ring (bicyclic) bond motifs is 1. The summed E-state index contributed by atoms with van der Waals surface area (Å²) in [4.78, 5) is 35.1. The average Bonchev–Trinajstić information content (AvgIpc) is 3.72. The lowest BCUT2D eigenvalue weighted by atomic mass is 9.99. The van der Waals surface area contributed by atoms with E-state index in [1.54, 1.807) is 33.8 Å². The summed E-state index contributed by atoms with van der Waals surface area (Å²) in [6, 6.07) is 11.8. The molecule has 0 amide bonds. The summed E-state index contributed by atoms with van der Waals surface area (Å²) in [5, 5.41) is 6.09. The molecule has 4 aromatic heterocycles. The Hall–Kier alpha value is -4.19. The van der Waals surface area contributed by atoms with E-state index < -0.39 is 0 Å². The van der Waals surface area contributed by atoms with Gasteiger partial charge in [0.25, 0.3) is 5.56 Å². The van der Waals surface area contributed by atoms with Crippen molar-refractivity contribution >= 4 is 34.0 Å². The molecule has 1 N–H and O–H groups in total. The molecule has 2 aliphatic heterocycles. The van der Waals surface area contributed by atoms with Crippen molar-refractivity contribution in [2.45, 2.75) is 38.8 Å². The summed E-state index contributed by atoms with van der Waals surface area (Å²) in [6.45, 7) is 5.94. The predicted molar refractivity (Wildman–Crippen MR) is 173 cm³/mol. The molecule has 1 aromatic carbocycles. The quantitative estimate of drug-likeness (QED) is 0.243. The summed E-state index contributed by atoms with van der Waals surface area (Å²) in [6.07, 6.45) is 6.62. The Balaban J connectivity index is 1.21. The Bertz CT molecular complexity index is 1820. The van der Waals surface area contributed by atoms with Crippen LogP contribution in [-0.4, -0.2) is 68.9 Å². The standard InChI is InChI=1S/C33H35N7O3S/c1-21-13-23(29-19-44-20-36-29)15-34-30(21)28-14-24-16-35-33(38-31(24)40(32(28)41)17-22-8-11-42-12-9-22)37-25-3-5-26(6-4-25)43-27-7-10-39(2)18-27/h3-6,13-16,19-20,22,27H,7-12,17-18H2,1-2H3,(H,35,37,38). The van der Waals surface area contributed by atoms with Gasteiger partial charge >= 0.3 is 0 Å². The Morgan fingerprint density at radius 3 is 2.64 bits per heavy atom. The van der Waals surface area contributed by atoms with Gasteiger partial charge < -0.3 is 19.7 Å². The van der Waals surface area contributed by atoms with Crippen LogP contribution in [0.1, 0.15) is 24.8 Å². The Kier molecular flexibility index (Phi) is 8.07. The number of benzene rings is 1. The van der Waals surface area contributed by atoms with Gasteiger partial charge in [-0.3, -0.25) is 14.3 Å². The highest BCUT2D eigenvalue weighted by Gasteiger charge is 2.22. The molecule has 2 aliphatic rings. The molecule has 0 radical (unpaired) electrons. The maximum atomic E-state index is 14.2. The van der Waals surface area contributed by atoms with E-state index in [1.165, 1.54) is 0 Å². The number of thiazole rings is 1. The maximum Gasteiger partial charge on any atom is 0.261 e. The van der Waals surface area contributed by atoms with Crippen molar-refractivity contribution in [2.75, 3.05) is 38.7 Å². The second-order valence-electron chi connectivity index (χ2n) is 11.7. The number of pyridine rings is 2. The number of anilines is 2. The van der Waals surface area contributed by atoms with Crippen LogP contribution in [0.3, 0.4) is 0 Å². The minimum absolute atomic E-state index is 0.107. The van der Waals surface area contributed by atoms with Gasteiger partial charge in [0.15, 0.2) is 0 Å². The second kappa shape index (κ2) is 12.4. The van der Waals surface area contributed by atoms with Gasteiger partial charge in [0.05, 0.1) is 22.5 Å². The van der Waals surface area contributed by atoms with Crippen molar-refractivity contribution in [1.82, 2.24) is 29.4 Å². The molecule has 0 spiro atoms. The molecule has 2 saturated heterocycles. The van der Waals surface area contributed by atoms with Crippen LogP contribution in [0.15, 0.2) is 64.5 Å². The molecule has 5 aromatic rings. The van der Waals surface area contributed by atoms with Crippen LogP contribution in [0.25, 0.3) is 33.5 Å². The molecule has 1 atom stereocenters. The third-order valence-corrected chi connectivity index (χ3v) is 9.02. The lowest BCUT2D eigenvalue weighted by Gasteiger charge is -2.24. The molecule has 1 unspecified atom stereocenters. The fourth-order valence-electron chi connectivity index (χ4n) is 6.03. The van der Waals surface area contributed by atoms with Crippen LogP contribution in [-0.2, 0) is 11.3 Å². The first-order chi connectivity index (χ1) is 21.5. The van der Waals surface area contributed by atoms with E-state index in [0.717, 1.165) is 66.0 Å². The van der Waals surface area contributed by atoms with E-state index in [0.29, 0.717) is 48.5 Å². The van der Waals surface area contributed by atoms with Crippen LogP contribution < -0.4 is 15.6 Å². The minimum atomic E-state index is -0.107. The number of aryl methyl sites for hydroxylation is 1. The van der Waals surface area contributed by atoms with Crippen molar-refractivity contribution in [3.63, 3.8) is 0 Å². The molecule has 0 saturated carbocycles. The highest BCUT2D eigenvalue weighted by Crippen LogP contribution is 2.28. The van der Waals surface area contributed by atoms with Crippen molar-refractivity contribution in [2.24, 2.45) is 5.92 Å². The summed E-state index contributed by atoms with van der Waals surface area (Å²) in [5.74, 6) is 1.59. The minimum Gasteiger partial charge on any atom is -0.489 e. The molecule has 2 fully saturated rings. The Labute approximate surface area is 259 Å². The number of nitrogens with zero attached hydrogens (tertiary/aromatic N) is 6. The smallest absolute Gasteiger partial charge is 0.261 e. The van der Waals surface area contributed by atoms with Gasteiger partial charge in [0.1, 0.15) is 17.5 Å². The lowest BCUT2D eigenvalue weighted by molar-refractivity contribution is 0.0613. The average molecular weight is 610 g/mol. The van der Waals surface area contributed by atoms with Crippen LogP contribution in [0.2, 0.25) is 0 Å². The number of ether oxygens (including phenoxy) is 2. The second-order valence-corrected chi connectivity index (χ2v) is 12.4. The van der Waals surface area contributed by atoms with E-state index in [4.69, 9.17) is 19.4 Å². The van der Waals surface area contributed by atoms with Gasteiger partial charge in [0.2, 0.25) is 5.95 Å². The summed E-state index contributed by atoms with van der Waals surface area (Å²) in [7, 11) is 2.11. The third kappa shape index (κ3) is 6.08. The lowest BCUT2D eigenvalue weighted by Crippen LogP contribution is -2.29. The van der Waals surface area contributed by atoms with Gasteiger partial charge in [-0.2, -0.15) is 4.98 Å². The monoisotopic (exact) mass is 609 g/mol. The number of hydrogen-bond acceptors (Lipinski definition) is 10. The van der Waals surface area contributed by atoms with Gasteiger partial charge in [-0.15, -0.1) is 11.3 Å². The molecule has 10 nitrogen and oxygen atoms in total. The van der Waals surface area contributed by atoms with Gasteiger partial charge in [-0.1, -0.05) is 0 Å². The zero-order valence-corrected chi connectivity index (χ0v) is 25.7. The molecular formula is C33H35N7O3S. The van der Waals surface area contributed by atoms with Crippen molar-refractivity contribution in [1.29, 1.82) is 0 Å². The van der Waals surface area contributed by atoms with Crippen LogP contribution in [0.4, 0.5) is 11.6 Å². The molecule has 7 rings (SSSR count). The van der Waals surface area contributed by atoms with Gasteiger partial charge in [0, 0.05) is 67.3 Å². The van der Waals surface area contributed by atoms with Crippen molar-refractivity contribution in [3.8, 4) is 28.3 Å². The predicted octanol–water partition coefficient (Wildman–Crippen LogP) is 5.54. The molecule has 0 aliphatic carbocycles. The first kappa shape index (κ1) is 28.6. The molecule has 0 bridgehead atoms. The molecule has 6 heterocycles. The number of hydrogen-bond donors (Lipinski definition) is 1. The first-order valence-electron chi connectivity index (χ1n) is 15.1. The summed E-state index contributed by atoms with van der Waals surface area (Å²) < 4.78 is 13.5. The zero-order valence-electron chi connectivity index (χ0n) is 24.9. The van der Waals surface area contributed by atoms with Crippen LogP contribution in [0, 0.1) is 12.8 Å². The molecule has 11 heteroatoms. The largest absolute Gasteiger partial charge is 0.489 e. The highest BCUT2D eigenvalue weighted by molar-refractivity contribution is 7.07. The summed E-state index contributed by atoms with van der Waals surface area (Å²) in [5.41, 5.74) is 7.07. The molecule has 44 heavy (non-hydrogen) atoms. The van der Waals surface area contributed by atoms with Crippen LogP contribution in [0.5, 0.6) is 5.75 Å². The fraction of sp³-hybridized carbons (Fsp3) is 0.364. The number of aromatic nitrogens is 5. The normalized spacial score (nSPS) is 17.7. The number of likely N-dealkylation sites (N-methyl/N-ethyl adjacent to an activating group) is 1. The highest BCUT2D eigenvalue weighted by atomic mass is 32.1. The zero-order chi connectivity index (χ0) is 30.0. The maximum absolute atomic E-state index is 14.2. The molecular weight excluding hydrogens is 574 g/mol. The fourth-order valence-corrected chi connectivity index (χ4v) is 6.59. The topological polar surface area (TPSA) is 107 Å². The number of nitrogens with one attached hydrogen (secondary N) is 1. The van der Waals surface area contributed by atoms with Crippen LogP contribution >= 0.6 is 11.3 Å². The van der Waals surface area contributed by atoms with E-state index >= 15 is 0 Å². The van der Waals surface area contributed by atoms with Crippen molar-refractivity contribution in [3.05, 3.63) is 75.6 Å². The van der Waals surface area contributed by atoms with E-state index in [2.05, 4.69) is 27.2 Å². The van der Waals surface area contributed by atoms with E-state index in [1.807, 2.05) is 48.7 Å².